The Morgan fingerprint density at radius 3 is 2.29 bits per heavy atom. The molecule has 0 saturated carbocycles. The average Bonchev–Trinajstić information content (AvgIpc) is 2.78. The van der Waals surface area contributed by atoms with Gasteiger partial charge in [-0.05, 0) is 61.0 Å². The highest BCUT2D eigenvalue weighted by Gasteiger charge is 2.30. The Morgan fingerprint density at radius 2 is 1.68 bits per heavy atom. The molecule has 6 nitrogen and oxygen atoms in total. The summed E-state index contributed by atoms with van der Waals surface area (Å²) in [4.78, 5) is 12.4. The molecule has 0 unspecified atom stereocenters. The van der Waals surface area contributed by atoms with Gasteiger partial charge < -0.3 is 0 Å². The third kappa shape index (κ3) is 6.19. The van der Waals surface area contributed by atoms with Crippen molar-refractivity contribution in [3.8, 4) is 0 Å². The second-order valence-electron chi connectivity index (χ2n) is 7.22. The van der Waals surface area contributed by atoms with Gasteiger partial charge in [-0.15, -0.1) is 0 Å². The van der Waals surface area contributed by atoms with Crippen LogP contribution in [0.25, 0.3) is 0 Å². The third-order valence-corrected chi connectivity index (χ3v) is 6.42. The van der Waals surface area contributed by atoms with Crippen LogP contribution in [0.2, 0.25) is 0 Å². The molecule has 178 valence electrons. The lowest BCUT2D eigenvalue weighted by Gasteiger charge is -2.23. The highest BCUT2D eigenvalue weighted by molar-refractivity contribution is 7.92. The molecule has 11 heteroatoms. The number of benzene rings is 3. The average molecular weight is 493 g/mol. The first-order valence-corrected chi connectivity index (χ1v) is 11.2. The summed E-state index contributed by atoms with van der Waals surface area (Å²) in [6.45, 7) is 1.08. The smallest absolute Gasteiger partial charge is 0.271 e. The lowest BCUT2D eigenvalue weighted by molar-refractivity contribution is -0.137. The van der Waals surface area contributed by atoms with Crippen LogP contribution in [0.1, 0.15) is 16.7 Å². The van der Waals surface area contributed by atoms with E-state index in [1.54, 1.807) is 19.1 Å². The minimum Gasteiger partial charge on any atom is -0.271 e. The van der Waals surface area contributed by atoms with Crippen LogP contribution in [0.5, 0.6) is 0 Å². The second-order valence-corrected chi connectivity index (χ2v) is 9.08. The van der Waals surface area contributed by atoms with Crippen molar-refractivity contribution in [2.45, 2.75) is 18.0 Å². The SMILES string of the molecule is Cc1ccc(S(=O)(=O)N(CC(=O)N/N=C\c2cccc(C(F)(F)F)c2)c2ccc(F)cc2)cc1. The van der Waals surface area contributed by atoms with Gasteiger partial charge in [0, 0.05) is 0 Å². The zero-order valence-corrected chi connectivity index (χ0v) is 18.6. The van der Waals surface area contributed by atoms with E-state index < -0.39 is 40.0 Å². The summed E-state index contributed by atoms with van der Waals surface area (Å²) in [5.74, 6) is -1.45. The highest BCUT2D eigenvalue weighted by atomic mass is 32.2. The van der Waals surface area contributed by atoms with Crippen molar-refractivity contribution in [2.24, 2.45) is 5.10 Å². The summed E-state index contributed by atoms with van der Waals surface area (Å²) in [6.07, 6.45) is -3.53. The van der Waals surface area contributed by atoms with E-state index in [-0.39, 0.29) is 16.1 Å². The molecule has 34 heavy (non-hydrogen) atoms. The Hall–Kier alpha value is -3.73. The molecule has 3 aromatic rings. The minimum absolute atomic E-state index is 0.0407. The molecule has 0 bridgehead atoms. The Labute approximate surface area is 193 Å². The number of anilines is 1. The third-order valence-electron chi connectivity index (χ3n) is 4.63. The molecular formula is C23H19F4N3O3S. The van der Waals surface area contributed by atoms with Crippen LogP contribution in [0.15, 0.2) is 82.8 Å². The molecule has 0 fully saturated rings. The van der Waals surface area contributed by atoms with E-state index in [4.69, 9.17) is 0 Å². The molecule has 3 rings (SSSR count). The van der Waals surface area contributed by atoms with E-state index in [9.17, 15) is 30.8 Å². The number of aryl methyl sites for hydroxylation is 1. The lowest BCUT2D eigenvalue weighted by atomic mass is 10.1. The van der Waals surface area contributed by atoms with Gasteiger partial charge in [-0.25, -0.2) is 18.2 Å². The standard InChI is InChI=1S/C23H19F4N3O3S/c1-16-5-11-21(12-6-16)34(32,33)30(20-9-7-19(24)8-10-20)15-22(31)29-28-14-17-3-2-4-18(13-17)23(25,26)27/h2-14H,15H2,1H3,(H,29,31)/b28-14-. The Bertz CT molecular complexity index is 1290. The molecule has 1 N–H and O–H groups in total. The second kappa shape index (κ2) is 10.0. The van der Waals surface area contributed by atoms with E-state index >= 15 is 0 Å². The number of carbonyl (C=O) groups excluding carboxylic acids is 1. The molecule has 0 atom stereocenters. The zero-order valence-electron chi connectivity index (χ0n) is 17.8. The molecule has 0 aliphatic rings. The summed E-state index contributed by atoms with van der Waals surface area (Å²) in [5, 5.41) is 3.62. The van der Waals surface area contributed by atoms with Crippen molar-refractivity contribution < 1.29 is 30.8 Å². The number of hydrogen-bond donors (Lipinski definition) is 1. The molecule has 0 heterocycles. The first kappa shape index (κ1) is 24.9. The minimum atomic E-state index is -4.53. The fourth-order valence-corrected chi connectivity index (χ4v) is 4.32. The number of hydrogen-bond acceptors (Lipinski definition) is 4. The van der Waals surface area contributed by atoms with Gasteiger partial charge in [0.25, 0.3) is 15.9 Å². The van der Waals surface area contributed by atoms with Gasteiger partial charge in [-0.1, -0.05) is 29.8 Å². The van der Waals surface area contributed by atoms with Crippen molar-refractivity contribution in [1.82, 2.24) is 5.43 Å². The first-order chi connectivity index (χ1) is 16.0. The molecule has 0 aliphatic heterocycles. The number of nitrogens with zero attached hydrogens (tertiary/aromatic N) is 2. The summed E-state index contributed by atoms with van der Waals surface area (Å²) in [5.41, 5.74) is 2.17. The number of alkyl halides is 3. The van der Waals surface area contributed by atoms with E-state index in [0.29, 0.717) is 0 Å². The molecule has 3 aromatic carbocycles. The van der Waals surface area contributed by atoms with Gasteiger partial charge in [0.05, 0.1) is 22.4 Å². The number of carbonyl (C=O) groups is 1. The van der Waals surface area contributed by atoms with Crippen LogP contribution >= 0.6 is 0 Å². The van der Waals surface area contributed by atoms with E-state index in [0.717, 1.165) is 40.3 Å². The molecule has 0 aliphatic carbocycles. The molecule has 0 saturated heterocycles. The van der Waals surface area contributed by atoms with Gasteiger partial charge in [-0.2, -0.15) is 18.3 Å². The summed E-state index contributed by atoms with van der Waals surface area (Å²) in [7, 11) is -4.20. The monoisotopic (exact) mass is 493 g/mol. The summed E-state index contributed by atoms with van der Waals surface area (Å²) >= 11 is 0. The molecule has 0 radical (unpaired) electrons. The maximum atomic E-state index is 13.4. The number of rotatable bonds is 7. The fourth-order valence-electron chi connectivity index (χ4n) is 2.90. The van der Waals surface area contributed by atoms with Crippen molar-refractivity contribution in [3.63, 3.8) is 0 Å². The van der Waals surface area contributed by atoms with Crippen molar-refractivity contribution >= 4 is 27.8 Å². The first-order valence-electron chi connectivity index (χ1n) is 9.81. The van der Waals surface area contributed by atoms with Crippen molar-refractivity contribution in [3.05, 3.63) is 95.3 Å². The lowest BCUT2D eigenvalue weighted by Crippen LogP contribution is -2.39. The molecular weight excluding hydrogens is 474 g/mol. The number of nitrogens with one attached hydrogen (secondary N) is 1. The van der Waals surface area contributed by atoms with Gasteiger partial charge in [0.2, 0.25) is 0 Å². The predicted molar refractivity (Wildman–Crippen MR) is 119 cm³/mol. The maximum Gasteiger partial charge on any atom is 0.416 e. The Kier molecular flexibility index (Phi) is 7.35. The van der Waals surface area contributed by atoms with Gasteiger partial charge in [-0.3, -0.25) is 9.10 Å². The summed E-state index contributed by atoms with van der Waals surface area (Å²) in [6, 6.07) is 14.8. The topological polar surface area (TPSA) is 78.8 Å². The summed E-state index contributed by atoms with van der Waals surface area (Å²) < 4.78 is 79.0. The molecule has 0 aromatic heterocycles. The normalized spacial score (nSPS) is 12.0. The highest BCUT2D eigenvalue weighted by Crippen LogP contribution is 2.29. The molecule has 1 amide bonds. The number of amides is 1. The number of halogens is 4. The van der Waals surface area contributed by atoms with Crippen LogP contribution < -0.4 is 9.73 Å². The Morgan fingerprint density at radius 1 is 1.03 bits per heavy atom. The van der Waals surface area contributed by atoms with E-state index in [1.165, 1.54) is 36.4 Å². The van der Waals surface area contributed by atoms with Crippen molar-refractivity contribution in [2.75, 3.05) is 10.8 Å². The van der Waals surface area contributed by atoms with Crippen LogP contribution in [0.3, 0.4) is 0 Å². The van der Waals surface area contributed by atoms with Gasteiger partial charge >= 0.3 is 6.18 Å². The largest absolute Gasteiger partial charge is 0.416 e. The Balaban J connectivity index is 1.81. The van der Waals surface area contributed by atoms with Crippen molar-refractivity contribution in [1.29, 1.82) is 0 Å². The van der Waals surface area contributed by atoms with E-state index in [1.807, 2.05) is 0 Å². The van der Waals surface area contributed by atoms with E-state index in [2.05, 4.69) is 10.5 Å². The zero-order chi connectivity index (χ0) is 24.9. The molecule has 0 spiro atoms. The number of sulfonamides is 1. The quantitative estimate of drug-likeness (QED) is 0.299. The predicted octanol–water partition coefficient (Wildman–Crippen LogP) is 4.50. The van der Waals surface area contributed by atoms with Gasteiger partial charge in [0.15, 0.2) is 0 Å². The van der Waals surface area contributed by atoms with Crippen LogP contribution in [-0.4, -0.2) is 27.1 Å². The number of hydrazone groups is 1. The fraction of sp³-hybridized carbons (Fsp3) is 0.130. The van der Waals surface area contributed by atoms with Crippen LogP contribution in [0, 0.1) is 12.7 Å². The maximum absolute atomic E-state index is 13.4. The van der Waals surface area contributed by atoms with Gasteiger partial charge in [0.1, 0.15) is 12.4 Å². The van der Waals surface area contributed by atoms with Crippen LogP contribution in [-0.2, 0) is 21.0 Å². The van der Waals surface area contributed by atoms with Crippen LogP contribution in [0.4, 0.5) is 23.2 Å².